The van der Waals surface area contributed by atoms with Gasteiger partial charge in [-0.05, 0) is 179 Å². The number of hydrogen-bond acceptors (Lipinski definition) is 4. The highest BCUT2D eigenvalue weighted by molar-refractivity contribution is 7.34. The van der Waals surface area contributed by atoms with E-state index in [4.69, 9.17) is 0 Å². The SMILES string of the molecule is c1ccc(-c2c3ccccc3c(-c3cccc(-c4c5sc6ccccc6c5cc5c4sc4c6ccc(-c7ccc(-c8c9ccccc9c(-c9cccc(-c%10cc%11c%12ccc%13ccccc%13c%12sc%11c%11sc%12ccccc%12c%10%11)c9)c9ccccc89)cc7)cc6ccc54)c3)c3ccccc23)cc1. The van der Waals surface area contributed by atoms with Crippen molar-refractivity contribution in [3.05, 3.63) is 328 Å². The lowest BCUT2D eigenvalue weighted by molar-refractivity contribution is 1.63. The molecular weight excluding hydrogens is 1280 g/mol. The molecule has 0 spiro atoms. The Hall–Kier alpha value is -11.6. The zero-order chi connectivity index (χ0) is 65.3. The van der Waals surface area contributed by atoms with Crippen LogP contribution in [-0.4, -0.2) is 0 Å². The van der Waals surface area contributed by atoms with Gasteiger partial charge < -0.3 is 0 Å². The standard InChI is InChI=1S/C96H54S4/c1-2-21-57(22-3-1)85-68-29-6-10-33-72(68)88(73-34-11-7-30-69(73)85)63-25-19-26-64(52-63)89-93-80(67-28-14-16-38-83(67)97-93)54-81-76-49-46-61-50-59(45-47-66(61)92(76)99-94(81)89)55-40-42-58(43-41-55)86-70-31-8-12-35-74(70)87(75-36-13-9-32-71(75)86)62-24-18-23-60(51-62)79-53-82-77-48-44-56-20-4-5-27-65(56)91(77)100-95(82)96-90(79)78-37-15-17-39-84(78)98-96/h1-54H. The van der Waals surface area contributed by atoms with E-state index < -0.39 is 0 Å². The predicted octanol–water partition coefficient (Wildman–Crippen LogP) is 29.7. The van der Waals surface area contributed by atoms with E-state index >= 15 is 0 Å². The first-order chi connectivity index (χ1) is 49.6. The number of thiophene rings is 4. The summed E-state index contributed by atoms with van der Waals surface area (Å²) in [6.07, 6.45) is 0. The number of fused-ring (bicyclic) bond motifs is 21. The molecule has 0 saturated carbocycles. The first-order valence-corrected chi connectivity index (χ1v) is 37.5. The molecule has 4 heterocycles. The van der Waals surface area contributed by atoms with Gasteiger partial charge in [0.05, 0.1) is 9.40 Å². The highest BCUT2D eigenvalue weighted by atomic mass is 32.1. The first kappa shape index (κ1) is 56.4. The first-order valence-electron chi connectivity index (χ1n) is 34.3. The van der Waals surface area contributed by atoms with Crippen LogP contribution in [0.4, 0.5) is 0 Å². The van der Waals surface area contributed by atoms with Crippen molar-refractivity contribution in [2.24, 2.45) is 0 Å². The summed E-state index contributed by atoms with van der Waals surface area (Å²) in [6, 6.07) is 124. The predicted molar refractivity (Wildman–Crippen MR) is 441 cm³/mol. The molecule has 0 amide bonds. The Morgan fingerprint density at radius 1 is 0.150 bits per heavy atom. The molecule has 18 aromatic carbocycles. The summed E-state index contributed by atoms with van der Waals surface area (Å²) < 4.78 is 10.7. The summed E-state index contributed by atoms with van der Waals surface area (Å²) in [7, 11) is 0. The fourth-order valence-corrected chi connectivity index (χ4v) is 22.4. The van der Waals surface area contributed by atoms with Crippen LogP contribution in [0.2, 0.25) is 0 Å². The summed E-state index contributed by atoms with van der Waals surface area (Å²) >= 11 is 7.77. The van der Waals surface area contributed by atoms with Gasteiger partial charge in [-0.2, -0.15) is 0 Å². The third-order valence-corrected chi connectivity index (χ3v) is 26.5. The largest absolute Gasteiger partial charge is 0.134 e. The highest BCUT2D eigenvalue weighted by Crippen LogP contribution is 2.55. The molecule has 0 radical (unpaired) electrons. The van der Waals surface area contributed by atoms with Crippen molar-refractivity contribution in [2.75, 3.05) is 0 Å². The van der Waals surface area contributed by atoms with Gasteiger partial charge in [-0.15, -0.1) is 45.3 Å². The average Bonchev–Trinajstić information content (AvgIpc) is 1.50. The molecule has 100 heavy (non-hydrogen) atoms. The summed E-state index contributed by atoms with van der Waals surface area (Å²) in [5.74, 6) is 0. The van der Waals surface area contributed by atoms with Crippen molar-refractivity contribution in [3.8, 4) is 77.9 Å². The minimum atomic E-state index is 1.20. The molecule has 22 aromatic rings. The maximum atomic E-state index is 2.50. The average molecular weight is 1340 g/mol. The van der Waals surface area contributed by atoms with Crippen LogP contribution in [-0.2, 0) is 0 Å². The summed E-state index contributed by atoms with van der Waals surface area (Å²) in [6.45, 7) is 0. The zero-order valence-electron chi connectivity index (χ0n) is 53.8. The van der Waals surface area contributed by atoms with Crippen LogP contribution in [0.15, 0.2) is 328 Å². The Morgan fingerprint density at radius 3 is 1.14 bits per heavy atom. The molecular formula is C96H54S4. The van der Waals surface area contributed by atoms with Crippen LogP contribution in [0.5, 0.6) is 0 Å². The van der Waals surface area contributed by atoms with E-state index in [0.717, 1.165) is 0 Å². The summed E-state index contributed by atoms with van der Waals surface area (Å²) in [4.78, 5) is 0. The monoisotopic (exact) mass is 1330 g/mol. The van der Waals surface area contributed by atoms with Gasteiger partial charge in [0.1, 0.15) is 0 Å². The molecule has 0 nitrogen and oxygen atoms in total. The van der Waals surface area contributed by atoms with E-state index in [2.05, 4.69) is 328 Å². The van der Waals surface area contributed by atoms with E-state index in [9.17, 15) is 0 Å². The van der Waals surface area contributed by atoms with E-state index in [1.54, 1.807) is 0 Å². The zero-order valence-corrected chi connectivity index (χ0v) is 57.1. The Bertz CT molecular complexity index is 7140. The summed E-state index contributed by atoms with van der Waals surface area (Å²) in [5.41, 5.74) is 17.4. The molecule has 4 aromatic heterocycles. The van der Waals surface area contributed by atoms with Crippen LogP contribution in [0, 0.1) is 0 Å². The molecule has 462 valence electrons. The maximum absolute atomic E-state index is 2.50. The van der Waals surface area contributed by atoms with Crippen LogP contribution < -0.4 is 0 Å². The fourth-order valence-electron chi connectivity index (χ4n) is 17.0. The van der Waals surface area contributed by atoms with Crippen molar-refractivity contribution in [3.63, 3.8) is 0 Å². The van der Waals surface area contributed by atoms with Gasteiger partial charge in [-0.1, -0.05) is 285 Å². The van der Waals surface area contributed by atoms with Crippen LogP contribution >= 0.6 is 45.3 Å². The van der Waals surface area contributed by atoms with Gasteiger partial charge in [0, 0.05) is 76.9 Å². The van der Waals surface area contributed by atoms with Crippen molar-refractivity contribution in [1.82, 2.24) is 0 Å². The third-order valence-electron chi connectivity index (χ3n) is 21.4. The van der Waals surface area contributed by atoms with Crippen molar-refractivity contribution < 1.29 is 0 Å². The molecule has 0 unspecified atom stereocenters. The lowest BCUT2D eigenvalue weighted by Gasteiger charge is -2.18. The van der Waals surface area contributed by atoms with E-state index in [1.807, 2.05) is 45.3 Å². The number of rotatable bonds is 7. The van der Waals surface area contributed by atoms with Crippen LogP contribution in [0.3, 0.4) is 0 Å². The van der Waals surface area contributed by atoms with E-state index in [0.29, 0.717) is 0 Å². The minimum Gasteiger partial charge on any atom is -0.134 e. The molecule has 0 N–H and O–H groups in total. The van der Waals surface area contributed by atoms with Gasteiger partial charge in [-0.3, -0.25) is 0 Å². The van der Waals surface area contributed by atoms with Crippen molar-refractivity contribution in [2.45, 2.75) is 0 Å². The molecule has 22 rings (SSSR count). The quantitative estimate of drug-likeness (QED) is 0.140. The van der Waals surface area contributed by atoms with Crippen LogP contribution in [0.1, 0.15) is 0 Å². The molecule has 4 heteroatoms. The number of hydrogen-bond donors (Lipinski definition) is 0. The Balaban J connectivity index is 0.650. The third kappa shape index (κ3) is 8.37. The molecule has 0 aliphatic carbocycles. The van der Waals surface area contributed by atoms with Crippen molar-refractivity contribution >= 4 is 191 Å². The normalized spacial score (nSPS) is 12.2. The Labute approximate surface area is 591 Å². The minimum absolute atomic E-state index is 1.20. The number of benzene rings is 18. The second-order valence-electron chi connectivity index (χ2n) is 26.7. The fraction of sp³-hybridized carbons (Fsp3) is 0. The van der Waals surface area contributed by atoms with Gasteiger partial charge in [0.15, 0.2) is 0 Å². The van der Waals surface area contributed by atoms with Gasteiger partial charge in [0.25, 0.3) is 0 Å². The second-order valence-corrected chi connectivity index (χ2v) is 30.9. The highest BCUT2D eigenvalue weighted by Gasteiger charge is 2.25. The Kier molecular flexibility index (Phi) is 12.4. The maximum Gasteiger partial charge on any atom is 0.0540 e. The van der Waals surface area contributed by atoms with Crippen LogP contribution in [0.25, 0.3) is 223 Å². The summed E-state index contributed by atoms with van der Waals surface area (Å²) in [5, 5.41) is 25.8. The molecule has 0 fully saturated rings. The lowest BCUT2D eigenvalue weighted by atomic mass is 9.85. The van der Waals surface area contributed by atoms with E-state index in [-0.39, 0.29) is 0 Å². The lowest BCUT2D eigenvalue weighted by Crippen LogP contribution is -1.91. The van der Waals surface area contributed by atoms with Gasteiger partial charge >= 0.3 is 0 Å². The van der Waals surface area contributed by atoms with Crippen molar-refractivity contribution in [1.29, 1.82) is 0 Å². The topological polar surface area (TPSA) is 0 Å². The Morgan fingerprint density at radius 2 is 0.530 bits per heavy atom. The molecule has 0 atom stereocenters. The molecule has 0 aliphatic rings. The molecule has 0 bridgehead atoms. The molecule has 0 saturated heterocycles. The van der Waals surface area contributed by atoms with Gasteiger partial charge in [-0.25, -0.2) is 0 Å². The second kappa shape index (κ2) is 22.0. The smallest absolute Gasteiger partial charge is 0.0540 e. The molecule has 0 aliphatic heterocycles. The van der Waals surface area contributed by atoms with Gasteiger partial charge in [0.2, 0.25) is 0 Å². The van der Waals surface area contributed by atoms with E-state index in [1.165, 1.54) is 223 Å².